The molecule has 6 saturated heterocycles. The van der Waals surface area contributed by atoms with Gasteiger partial charge in [-0.05, 0) is 129 Å². The minimum Gasteiger partial charge on any atom is -0.380 e. The molecule has 6 aliphatic heterocycles. The van der Waals surface area contributed by atoms with Gasteiger partial charge in [0.15, 0.2) is 0 Å². The fourth-order valence-electron chi connectivity index (χ4n) is 21.6. The van der Waals surface area contributed by atoms with Gasteiger partial charge in [-0.1, -0.05) is 305 Å². The maximum atomic E-state index is 13.3. The maximum absolute atomic E-state index is 13.3. The van der Waals surface area contributed by atoms with Gasteiger partial charge in [0.25, 0.3) is 0 Å². The second-order valence-electron chi connectivity index (χ2n) is 38.0. The highest BCUT2D eigenvalue weighted by molar-refractivity contribution is 5.59. The van der Waals surface area contributed by atoms with Crippen LogP contribution in [-0.2, 0) is 71.3 Å². The Hall–Kier alpha value is -8.36. The monoisotopic (exact) mass is 1550 g/mol. The van der Waals surface area contributed by atoms with E-state index in [0.717, 1.165) is 61.6 Å². The average molecular weight is 1550 g/mol. The van der Waals surface area contributed by atoms with Gasteiger partial charge in [0.2, 0.25) is 0 Å². The lowest BCUT2D eigenvalue weighted by molar-refractivity contribution is -0.130. The molecule has 604 valence electrons. The molecule has 6 unspecified atom stereocenters. The smallest absolute Gasteiger partial charge is 0.127 e. The van der Waals surface area contributed by atoms with Gasteiger partial charge in [0, 0.05) is 131 Å². The molecule has 6 fully saturated rings. The van der Waals surface area contributed by atoms with E-state index in [-0.39, 0.29) is 37.8 Å². The first-order valence-corrected chi connectivity index (χ1v) is 42.3. The topological polar surface area (TPSA) is 103 Å². The van der Waals surface area contributed by atoms with Crippen molar-refractivity contribution in [2.24, 2.45) is 16.2 Å². The lowest BCUT2D eigenvalue weighted by Gasteiger charge is -2.49. The normalized spacial score (nSPS) is 26.1. The lowest BCUT2D eigenvalue weighted by atomic mass is 9.65. The van der Waals surface area contributed by atoms with Crippen LogP contribution in [0.15, 0.2) is 311 Å². The van der Waals surface area contributed by atoms with Gasteiger partial charge in [-0.25, -0.2) is 0 Å². The van der Waals surface area contributed by atoms with Crippen molar-refractivity contribution in [2.45, 2.75) is 148 Å². The molecule has 0 radical (unpaired) electrons. The molecule has 0 bridgehead atoms. The molecule has 2 N–H and O–H groups in total. The molecule has 0 aromatic heterocycles. The van der Waals surface area contributed by atoms with E-state index in [1.54, 1.807) is 0 Å². The molecular weight excluding hydrogens is 1430 g/mol. The highest BCUT2D eigenvalue weighted by Crippen LogP contribution is 2.59. The van der Waals surface area contributed by atoms with Crippen molar-refractivity contribution >= 4 is 0 Å². The fraction of sp³-hybridized carbons (Fsp3) is 0.412. The number of nitrogens with zero attached hydrogens (tertiary/aromatic N) is 8. The molecule has 8 aromatic carbocycles. The third-order valence-corrected chi connectivity index (χ3v) is 25.7. The van der Waals surface area contributed by atoms with E-state index in [1.807, 2.05) is 0 Å². The predicted octanol–water partition coefficient (Wildman–Crippen LogP) is 16.2. The summed E-state index contributed by atoms with van der Waals surface area (Å²) in [5, 5.41) is 26.7. The Balaban J connectivity index is 0.746. The number of benzene rings is 8. The van der Waals surface area contributed by atoms with Gasteiger partial charge in [0.05, 0.1) is 0 Å². The van der Waals surface area contributed by atoms with Crippen LogP contribution in [0.1, 0.15) is 107 Å². The highest BCUT2D eigenvalue weighted by atomic mass is 16.6. The second-order valence-corrected chi connectivity index (χ2v) is 38.0. The molecule has 9 aliphatic rings. The Morgan fingerprint density at radius 2 is 0.509 bits per heavy atom. The molecule has 0 saturated carbocycles. The Bertz CT molecular complexity index is 4970. The van der Waals surface area contributed by atoms with Gasteiger partial charge < -0.3 is 29.2 Å². The van der Waals surface area contributed by atoms with E-state index < -0.39 is 39.0 Å². The van der Waals surface area contributed by atoms with E-state index in [9.17, 15) is 10.2 Å². The molecule has 14 nitrogen and oxygen atoms in total. The number of hydrogen-bond donors (Lipinski definition) is 2. The zero-order chi connectivity index (χ0) is 80.1. The fourth-order valence-corrected chi connectivity index (χ4v) is 21.6. The Kier molecular flexibility index (Phi) is 22.4. The highest BCUT2D eigenvalue weighted by Gasteiger charge is 2.63. The summed E-state index contributed by atoms with van der Waals surface area (Å²) in [4.78, 5) is 20.0. The van der Waals surface area contributed by atoms with Crippen molar-refractivity contribution in [3.63, 3.8) is 0 Å². The van der Waals surface area contributed by atoms with Crippen LogP contribution < -0.4 is 0 Å². The number of rotatable bonds is 28. The van der Waals surface area contributed by atoms with Gasteiger partial charge in [0.1, 0.15) is 60.5 Å². The Labute approximate surface area is 689 Å². The number of aliphatic hydroxyl groups is 2. The number of ether oxygens (including phenoxy) is 4. The van der Waals surface area contributed by atoms with E-state index in [0.29, 0.717) is 91.6 Å². The van der Waals surface area contributed by atoms with Crippen LogP contribution in [0.3, 0.4) is 0 Å². The van der Waals surface area contributed by atoms with Crippen molar-refractivity contribution in [3.8, 4) is 0 Å². The minimum absolute atomic E-state index is 0.261. The van der Waals surface area contributed by atoms with Gasteiger partial charge in [-0.2, -0.15) is 0 Å². The summed E-state index contributed by atoms with van der Waals surface area (Å²) in [6, 6.07) is 86.6. The predicted molar refractivity (Wildman–Crippen MR) is 463 cm³/mol. The summed E-state index contributed by atoms with van der Waals surface area (Å²) in [5.41, 5.74) is 13.3. The van der Waals surface area contributed by atoms with Crippen LogP contribution in [0, 0.1) is 16.2 Å². The molecular formula is C102H120N8O6. The summed E-state index contributed by atoms with van der Waals surface area (Å²) in [5.74, 6) is 0. The second kappa shape index (κ2) is 32.4. The largest absolute Gasteiger partial charge is 0.380 e. The van der Waals surface area contributed by atoms with Crippen LogP contribution >= 0.6 is 0 Å². The van der Waals surface area contributed by atoms with Crippen molar-refractivity contribution < 1.29 is 29.2 Å². The van der Waals surface area contributed by atoms with Crippen molar-refractivity contribution in [1.82, 2.24) is 39.2 Å². The molecule has 14 heteroatoms. The maximum Gasteiger partial charge on any atom is 0.127 e. The molecule has 6 atom stereocenters. The molecule has 17 rings (SSSR count). The average Bonchev–Trinajstić information content (AvgIpc) is 1.51. The molecule has 0 spiro atoms. The van der Waals surface area contributed by atoms with Crippen LogP contribution in [0.2, 0.25) is 0 Å². The molecule has 3 aliphatic carbocycles. The van der Waals surface area contributed by atoms with Crippen LogP contribution in [0.5, 0.6) is 0 Å². The van der Waals surface area contributed by atoms with Gasteiger partial charge >= 0.3 is 0 Å². The third-order valence-electron chi connectivity index (χ3n) is 25.7. The van der Waals surface area contributed by atoms with E-state index in [1.165, 1.54) is 72.4 Å². The number of hydrogen-bond acceptors (Lipinski definition) is 14. The lowest BCUT2D eigenvalue weighted by Crippen LogP contribution is -2.54. The van der Waals surface area contributed by atoms with E-state index in [2.05, 4.69) is 362 Å². The molecule has 0 amide bonds. The van der Waals surface area contributed by atoms with E-state index in [4.69, 9.17) is 18.9 Å². The Morgan fingerprint density at radius 3 is 0.793 bits per heavy atom. The zero-order valence-corrected chi connectivity index (χ0v) is 69.9. The number of likely N-dealkylation sites (tertiary alicyclic amines) is 6. The first-order chi connectivity index (χ1) is 55.8. The van der Waals surface area contributed by atoms with Crippen molar-refractivity contribution in [2.75, 3.05) is 105 Å². The molecule has 6 heterocycles. The molecule has 8 aromatic rings. The van der Waals surface area contributed by atoms with Crippen LogP contribution in [0.4, 0.5) is 0 Å². The van der Waals surface area contributed by atoms with Gasteiger partial charge in [-0.15, -0.1) is 0 Å². The summed E-state index contributed by atoms with van der Waals surface area (Å²) in [6.07, 6.45) is 6.97. The quantitative estimate of drug-likeness (QED) is 0.0359. The number of β-amino-alcohol motifs (C(OH)–C–C–N with tert-alkyl or cyclic N) is 2. The molecule has 116 heavy (non-hydrogen) atoms. The minimum atomic E-state index is -1.16. The Morgan fingerprint density at radius 1 is 0.276 bits per heavy atom. The summed E-state index contributed by atoms with van der Waals surface area (Å²) in [6.45, 7) is 35.4. The van der Waals surface area contributed by atoms with Crippen LogP contribution in [0.25, 0.3) is 0 Å². The first kappa shape index (κ1) is 80.1. The zero-order valence-electron chi connectivity index (χ0n) is 69.9. The van der Waals surface area contributed by atoms with Crippen molar-refractivity contribution in [3.05, 3.63) is 356 Å². The van der Waals surface area contributed by atoms with Crippen molar-refractivity contribution in [1.29, 1.82) is 0 Å². The first-order valence-electron chi connectivity index (χ1n) is 42.3. The summed E-state index contributed by atoms with van der Waals surface area (Å²) >= 11 is 0. The summed E-state index contributed by atoms with van der Waals surface area (Å²) in [7, 11) is 0. The third kappa shape index (κ3) is 16.5. The SMILES string of the molecule is CC(C)(C)C1=C2CN(Cc3ccccc3)CC2(O)C=C2CN(Cc3ccccc3)CC21OCN(COC12C=C3CN(Cc4ccccc4)CC3(OCN(COC34CN(Cc5ccccc5)CC3=CC3(O)CN(Cc5ccccc5)CC3=C4C(C)(C)C)Cc3ccccc3)C(C(C)(C)C)=C1CN(Cc1ccccc1)C2)Cc1ccccc1. The number of fused-ring (bicyclic) bond motifs is 6. The van der Waals surface area contributed by atoms with E-state index >= 15 is 0 Å². The standard InChI is InChI=1S/C102H120N8O6/c1-94(2,3)91-88-64-106(56-80-40-24-13-25-41-80)67-97(88,111)50-85-61-103(53-77-34-18-10-19-35-77)70-100(85,91)114-74-109(59-83-46-30-16-31-47-83)73-113-99-52-87-63-105(55-79-38-22-12-23-39-79)72-102(87,93(96(7,8)9)90(99)66-108(69-99)58-82-44-28-15-29-45-82)116-76-110(60-84-48-32-17-33-49-84)75-115-101-71-104(54-78-36-20-11-21-37-78)62-86(101)51-98(112)68-107(57-81-42-26-14-27-43-81)65-89(98)92(101)95(4,5)6/h10-52,111-112H,53-76H2,1-9H3. The van der Waals surface area contributed by atoms with Crippen LogP contribution in [-0.4, -0.2) is 188 Å². The summed E-state index contributed by atoms with van der Waals surface area (Å²) < 4.78 is 32.6. The van der Waals surface area contributed by atoms with Gasteiger partial charge in [-0.3, -0.25) is 39.2 Å².